The molecule has 1 aliphatic heterocycles. The van der Waals surface area contributed by atoms with Crippen LogP contribution in [-0.4, -0.2) is 41.6 Å². The summed E-state index contributed by atoms with van der Waals surface area (Å²) in [5.74, 6) is -0.386. The summed E-state index contributed by atoms with van der Waals surface area (Å²) in [6, 6.07) is 7.50. The van der Waals surface area contributed by atoms with Crippen molar-refractivity contribution in [3.05, 3.63) is 29.8 Å². The summed E-state index contributed by atoms with van der Waals surface area (Å²) in [7, 11) is 0. The Morgan fingerprint density at radius 2 is 2.10 bits per heavy atom. The van der Waals surface area contributed by atoms with Crippen LogP contribution in [-0.2, 0) is 4.79 Å². The van der Waals surface area contributed by atoms with Crippen molar-refractivity contribution in [2.24, 2.45) is 5.92 Å². The van der Waals surface area contributed by atoms with Gasteiger partial charge >= 0.3 is 12.0 Å². The second kappa shape index (κ2) is 6.61. The monoisotopic (exact) mass is 290 g/mol. The summed E-state index contributed by atoms with van der Waals surface area (Å²) in [5.41, 5.74) is 1.77. The molecule has 0 aliphatic carbocycles. The Morgan fingerprint density at radius 1 is 1.38 bits per heavy atom. The number of nitrogens with zero attached hydrogens (tertiary/aromatic N) is 2. The lowest BCUT2D eigenvalue weighted by atomic mass is 10.1. The average molecular weight is 290 g/mol. The van der Waals surface area contributed by atoms with Crippen molar-refractivity contribution in [1.82, 2.24) is 4.90 Å². The van der Waals surface area contributed by atoms with Crippen LogP contribution in [0.15, 0.2) is 24.3 Å². The molecule has 2 rings (SSSR count). The van der Waals surface area contributed by atoms with Crippen LogP contribution in [0.2, 0.25) is 0 Å². The van der Waals surface area contributed by atoms with E-state index in [1.165, 1.54) is 0 Å². The number of benzene rings is 1. The molecular weight excluding hydrogens is 268 g/mol. The molecule has 0 radical (unpaired) electrons. The molecule has 1 aromatic rings. The highest BCUT2D eigenvalue weighted by atomic mass is 16.4. The normalized spacial score (nSPS) is 17.8. The largest absolute Gasteiger partial charge is 0.481 e. The topological polar surface area (TPSA) is 60.9 Å². The van der Waals surface area contributed by atoms with E-state index < -0.39 is 5.97 Å². The zero-order valence-corrected chi connectivity index (χ0v) is 12.6. The van der Waals surface area contributed by atoms with Crippen molar-refractivity contribution in [3.63, 3.8) is 0 Å². The number of carbonyl (C=O) groups is 2. The van der Waals surface area contributed by atoms with Crippen LogP contribution in [0.1, 0.15) is 25.3 Å². The third-order valence-corrected chi connectivity index (χ3v) is 3.88. The minimum atomic E-state index is -0.892. The zero-order chi connectivity index (χ0) is 15.4. The number of likely N-dealkylation sites (tertiary alicyclic amines) is 1. The molecule has 1 aromatic carbocycles. The second-order valence-electron chi connectivity index (χ2n) is 5.70. The Bertz CT molecular complexity index is 530. The third-order valence-electron chi connectivity index (χ3n) is 3.88. The van der Waals surface area contributed by atoms with Crippen LogP contribution in [0.3, 0.4) is 0 Å². The Labute approximate surface area is 125 Å². The third kappa shape index (κ3) is 3.74. The Hall–Kier alpha value is -2.04. The number of anilines is 1. The number of hydrogen-bond acceptors (Lipinski definition) is 2. The molecule has 0 bridgehead atoms. The van der Waals surface area contributed by atoms with Crippen LogP contribution >= 0.6 is 0 Å². The SMILES string of the molecule is Cc1ccccc1N(CCC(=O)O)C(=O)N1CCC(C)C1. The summed E-state index contributed by atoms with van der Waals surface area (Å²) >= 11 is 0. The highest BCUT2D eigenvalue weighted by Crippen LogP contribution is 2.24. The van der Waals surface area contributed by atoms with E-state index in [9.17, 15) is 9.59 Å². The quantitative estimate of drug-likeness (QED) is 0.927. The first-order valence-electron chi connectivity index (χ1n) is 7.33. The first-order chi connectivity index (χ1) is 9.99. The predicted octanol–water partition coefficient (Wildman–Crippen LogP) is 2.74. The Kier molecular flexibility index (Phi) is 4.83. The number of amides is 2. The number of aliphatic carboxylic acids is 1. The molecule has 2 amide bonds. The van der Waals surface area contributed by atoms with Gasteiger partial charge in [0, 0.05) is 25.3 Å². The molecule has 1 unspecified atom stereocenters. The number of urea groups is 1. The van der Waals surface area contributed by atoms with E-state index in [-0.39, 0.29) is 19.0 Å². The molecule has 0 aromatic heterocycles. The van der Waals surface area contributed by atoms with Gasteiger partial charge in [-0.3, -0.25) is 9.69 Å². The van der Waals surface area contributed by atoms with Gasteiger partial charge in [-0.1, -0.05) is 25.1 Å². The predicted molar refractivity (Wildman–Crippen MR) is 81.5 cm³/mol. The van der Waals surface area contributed by atoms with Gasteiger partial charge < -0.3 is 10.0 Å². The van der Waals surface area contributed by atoms with Gasteiger partial charge in [0.05, 0.1) is 6.42 Å². The Balaban J connectivity index is 2.21. The van der Waals surface area contributed by atoms with Crippen molar-refractivity contribution in [2.75, 3.05) is 24.5 Å². The number of carbonyl (C=O) groups excluding carboxylic acids is 1. The van der Waals surface area contributed by atoms with Gasteiger partial charge in [-0.15, -0.1) is 0 Å². The fourth-order valence-corrected chi connectivity index (χ4v) is 2.67. The molecule has 1 atom stereocenters. The van der Waals surface area contributed by atoms with Crippen molar-refractivity contribution in [3.8, 4) is 0 Å². The summed E-state index contributed by atoms with van der Waals surface area (Å²) in [4.78, 5) is 27.0. The van der Waals surface area contributed by atoms with Gasteiger partial charge in [0.1, 0.15) is 0 Å². The minimum absolute atomic E-state index is 0.0521. The van der Waals surface area contributed by atoms with E-state index in [0.717, 1.165) is 30.8 Å². The number of carboxylic acid groups (broad SMARTS) is 1. The Morgan fingerprint density at radius 3 is 2.67 bits per heavy atom. The highest BCUT2D eigenvalue weighted by Gasteiger charge is 2.28. The molecule has 1 aliphatic rings. The van der Waals surface area contributed by atoms with Crippen LogP contribution in [0, 0.1) is 12.8 Å². The van der Waals surface area contributed by atoms with Gasteiger partial charge in [-0.2, -0.15) is 0 Å². The number of hydrogen-bond donors (Lipinski definition) is 1. The maximum atomic E-state index is 12.7. The molecule has 5 heteroatoms. The lowest BCUT2D eigenvalue weighted by Gasteiger charge is -2.29. The van der Waals surface area contributed by atoms with E-state index in [2.05, 4.69) is 6.92 Å². The average Bonchev–Trinajstić information content (AvgIpc) is 2.87. The summed E-state index contributed by atoms with van der Waals surface area (Å²) in [5, 5.41) is 8.92. The molecule has 114 valence electrons. The van der Waals surface area contributed by atoms with E-state index in [1.807, 2.05) is 36.1 Å². The van der Waals surface area contributed by atoms with Crippen LogP contribution in [0.25, 0.3) is 0 Å². The molecule has 1 N–H and O–H groups in total. The standard InChI is InChI=1S/C16H22N2O3/c1-12-7-9-17(11-12)16(21)18(10-8-15(19)20)14-6-4-3-5-13(14)2/h3-6,12H,7-11H2,1-2H3,(H,19,20). The van der Waals surface area contributed by atoms with E-state index in [1.54, 1.807) is 4.90 Å². The molecule has 0 saturated carbocycles. The maximum absolute atomic E-state index is 12.7. The molecule has 1 saturated heterocycles. The summed E-state index contributed by atoms with van der Waals surface area (Å²) in [6.07, 6.45) is 0.954. The lowest BCUT2D eigenvalue weighted by molar-refractivity contribution is -0.136. The molecular formula is C16H22N2O3. The van der Waals surface area contributed by atoms with Crippen molar-refractivity contribution < 1.29 is 14.7 Å². The van der Waals surface area contributed by atoms with Gasteiger partial charge in [-0.25, -0.2) is 4.79 Å². The van der Waals surface area contributed by atoms with Crippen LogP contribution in [0.4, 0.5) is 10.5 Å². The fraction of sp³-hybridized carbons (Fsp3) is 0.500. The summed E-state index contributed by atoms with van der Waals surface area (Å²) in [6.45, 7) is 5.75. The fourth-order valence-electron chi connectivity index (χ4n) is 2.67. The summed E-state index contributed by atoms with van der Waals surface area (Å²) < 4.78 is 0. The van der Waals surface area contributed by atoms with Crippen LogP contribution < -0.4 is 4.90 Å². The maximum Gasteiger partial charge on any atom is 0.324 e. The van der Waals surface area contributed by atoms with Crippen molar-refractivity contribution >= 4 is 17.7 Å². The number of carboxylic acids is 1. The zero-order valence-electron chi connectivity index (χ0n) is 12.6. The van der Waals surface area contributed by atoms with Gasteiger partial charge in [0.2, 0.25) is 0 Å². The highest BCUT2D eigenvalue weighted by molar-refractivity contribution is 5.93. The number of para-hydroxylation sites is 1. The van der Waals surface area contributed by atoms with E-state index in [4.69, 9.17) is 5.11 Å². The van der Waals surface area contributed by atoms with E-state index >= 15 is 0 Å². The smallest absolute Gasteiger partial charge is 0.324 e. The number of rotatable bonds is 4. The first-order valence-corrected chi connectivity index (χ1v) is 7.33. The first kappa shape index (κ1) is 15.4. The lowest BCUT2D eigenvalue weighted by Crippen LogP contribution is -2.43. The van der Waals surface area contributed by atoms with Gasteiger partial charge in [0.25, 0.3) is 0 Å². The van der Waals surface area contributed by atoms with Crippen molar-refractivity contribution in [1.29, 1.82) is 0 Å². The molecule has 21 heavy (non-hydrogen) atoms. The molecule has 5 nitrogen and oxygen atoms in total. The van der Waals surface area contributed by atoms with Crippen LogP contribution in [0.5, 0.6) is 0 Å². The van der Waals surface area contributed by atoms with E-state index in [0.29, 0.717) is 5.92 Å². The minimum Gasteiger partial charge on any atom is -0.481 e. The van der Waals surface area contributed by atoms with Crippen molar-refractivity contribution in [2.45, 2.75) is 26.7 Å². The second-order valence-corrected chi connectivity index (χ2v) is 5.70. The van der Waals surface area contributed by atoms with Gasteiger partial charge in [0.15, 0.2) is 0 Å². The number of aryl methyl sites for hydroxylation is 1. The van der Waals surface area contributed by atoms with Gasteiger partial charge in [-0.05, 0) is 30.9 Å². The molecule has 1 fully saturated rings. The molecule has 1 heterocycles. The molecule has 0 spiro atoms.